The van der Waals surface area contributed by atoms with Gasteiger partial charge < -0.3 is 10.0 Å². The molecule has 0 saturated carbocycles. The maximum atomic E-state index is 12.3. The third kappa shape index (κ3) is 3.84. The van der Waals surface area contributed by atoms with Crippen LogP contribution >= 0.6 is 15.9 Å². The van der Waals surface area contributed by atoms with Gasteiger partial charge in [0.1, 0.15) is 0 Å². The van der Waals surface area contributed by atoms with Crippen molar-refractivity contribution in [3.8, 4) is 0 Å². The van der Waals surface area contributed by atoms with Gasteiger partial charge in [0.2, 0.25) is 5.91 Å². The molecule has 0 aliphatic carbocycles. The van der Waals surface area contributed by atoms with Crippen molar-refractivity contribution < 1.29 is 14.7 Å². The molecule has 5 heteroatoms. The molecule has 0 spiro atoms. The van der Waals surface area contributed by atoms with Crippen molar-refractivity contribution in [1.29, 1.82) is 0 Å². The normalized spacial score (nSPS) is 22.1. The van der Waals surface area contributed by atoms with Crippen molar-refractivity contribution in [1.82, 2.24) is 4.90 Å². The fourth-order valence-corrected chi connectivity index (χ4v) is 3.21. The van der Waals surface area contributed by atoms with Crippen LogP contribution < -0.4 is 0 Å². The lowest BCUT2D eigenvalue weighted by atomic mass is 9.82. The number of carboxylic acid groups (broad SMARTS) is 1. The Labute approximate surface area is 133 Å². The van der Waals surface area contributed by atoms with Gasteiger partial charge in [0.05, 0.1) is 5.41 Å². The Balaban J connectivity index is 1.94. The second-order valence-corrected chi connectivity index (χ2v) is 6.73. The molecule has 1 heterocycles. The van der Waals surface area contributed by atoms with Crippen molar-refractivity contribution in [2.45, 2.75) is 32.6 Å². The molecule has 1 atom stereocenters. The average Bonchev–Trinajstić information content (AvgIpc) is 2.46. The number of carbonyl (C=O) groups excluding carboxylic acids is 1. The van der Waals surface area contributed by atoms with Gasteiger partial charge in [-0.15, -0.1) is 0 Å². The van der Waals surface area contributed by atoms with Crippen LogP contribution in [0.15, 0.2) is 28.7 Å². The number of piperidine rings is 1. The van der Waals surface area contributed by atoms with Gasteiger partial charge in [-0.2, -0.15) is 0 Å². The predicted octanol–water partition coefficient (Wildman–Crippen LogP) is 3.10. The van der Waals surface area contributed by atoms with Crippen molar-refractivity contribution in [3.63, 3.8) is 0 Å². The molecule has 1 amide bonds. The van der Waals surface area contributed by atoms with Crippen LogP contribution in [0.2, 0.25) is 0 Å². The van der Waals surface area contributed by atoms with Crippen LogP contribution in [0.25, 0.3) is 0 Å². The second kappa shape index (κ2) is 6.60. The minimum atomic E-state index is -0.814. The number of benzene rings is 1. The van der Waals surface area contributed by atoms with E-state index >= 15 is 0 Å². The Morgan fingerprint density at radius 1 is 1.38 bits per heavy atom. The molecule has 21 heavy (non-hydrogen) atoms. The highest BCUT2D eigenvalue weighted by atomic mass is 79.9. The maximum Gasteiger partial charge on any atom is 0.311 e. The van der Waals surface area contributed by atoms with Crippen LogP contribution in [0.3, 0.4) is 0 Å². The number of halogens is 1. The molecule has 2 rings (SSSR count). The number of likely N-dealkylation sites (tertiary alicyclic amines) is 1. The standard InChI is InChI=1S/C16H20BrNO3/c1-16(15(20)21)9-4-10-18(11-16)14(19)8-7-12-5-2-3-6-13(12)17/h2-3,5-6H,4,7-11H2,1H3,(H,20,21). The number of aryl methyl sites for hydroxylation is 1. The van der Waals surface area contributed by atoms with E-state index in [9.17, 15) is 14.7 Å². The van der Waals surface area contributed by atoms with Crippen LogP contribution in [0.1, 0.15) is 31.7 Å². The van der Waals surface area contributed by atoms with E-state index in [2.05, 4.69) is 15.9 Å². The molecule has 1 fully saturated rings. The molecule has 4 nitrogen and oxygen atoms in total. The van der Waals surface area contributed by atoms with E-state index in [4.69, 9.17) is 0 Å². The van der Waals surface area contributed by atoms with E-state index < -0.39 is 11.4 Å². The minimum absolute atomic E-state index is 0.0397. The molecule has 114 valence electrons. The molecule has 0 radical (unpaired) electrons. The van der Waals surface area contributed by atoms with E-state index in [-0.39, 0.29) is 5.91 Å². The third-order valence-corrected chi connectivity index (χ3v) is 4.91. The highest BCUT2D eigenvalue weighted by Crippen LogP contribution is 2.30. The summed E-state index contributed by atoms with van der Waals surface area (Å²) in [7, 11) is 0. The van der Waals surface area contributed by atoms with Gasteiger partial charge in [-0.3, -0.25) is 9.59 Å². The van der Waals surface area contributed by atoms with Gasteiger partial charge in [-0.25, -0.2) is 0 Å². The molecule has 1 unspecified atom stereocenters. The van der Waals surface area contributed by atoms with Crippen LogP contribution in [0.5, 0.6) is 0 Å². The summed E-state index contributed by atoms with van der Waals surface area (Å²) >= 11 is 3.48. The first kappa shape index (κ1) is 16.0. The molecule has 1 aromatic rings. The Bertz CT molecular complexity index is 546. The Morgan fingerprint density at radius 2 is 2.10 bits per heavy atom. The summed E-state index contributed by atoms with van der Waals surface area (Å²) < 4.78 is 1.01. The first-order valence-electron chi connectivity index (χ1n) is 7.17. The number of hydrogen-bond acceptors (Lipinski definition) is 2. The lowest BCUT2D eigenvalue weighted by Gasteiger charge is -2.37. The first-order valence-corrected chi connectivity index (χ1v) is 7.96. The van der Waals surface area contributed by atoms with Gasteiger partial charge in [0.15, 0.2) is 0 Å². The third-order valence-electron chi connectivity index (χ3n) is 4.13. The molecule has 0 bridgehead atoms. The lowest BCUT2D eigenvalue weighted by molar-refractivity contribution is -0.153. The van der Waals surface area contributed by atoms with Crippen molar-refractivity contribution in [2.24, 2.45) is 5.41 Å². The van der Waals surface area contributed by atoms with Crippen LogP contribution in [-0.4, -0.2) is 35.0 Å². The zero-order valence-electron chi connectivity index (χ0n) is 12.1. The van der Waals surface area contributed by atoms with Gasteiger partial charge >= 0.3 is 5.97 Å². The molecule has 0 aromatic heterocycles. The Hall–Kier alpha value is -1.36. The lowest BCUT2D eigenvalue weighted by Crippen LogP contribution is -2.48. The fourth-order valence-electron chi connectivity index (χ4n) is 2.73. The molecular weight excluding hydrogens is 334 g/mol. The number of aliphatic carboxylic acids is 1. The molecular formula is C16H20BrNO3. The van der Waals surface area contributed by atoms with Gasteiger partial charge in [-0.1, -0.05) is 34.1 Å². The first-order chi connectivity index (χ1) is 9.92. The van der Waals surface area contributed by atoms with Crippen molar-refractivity contribution in [2.75, 3.05) is 13.1 Å². The van der Waals surface area contributed by atoms with E-state index in [1.165, 1.54) is 0 Å². The maximum absolute atomic E-state index is 12.3. The molecule has 1 aromatic carbocycles. The number of carboxylic acids is 1. The Kier molecular flexibility index (Phi) is 5.04. The number of carbonyl (C=O) groups is 2. The smallest absolute Gasteiger partial charge is 0.311 e. The second-order valence-electron chi connectivity index (χ2n) is 5.88. The van der Waals surface area contributed by atoms with Crippen LogP contribution in [0.4, 0.5) is 0 Å². The number of nitrogens with zero attached hydrogens (tertiary/aromatic N) is 1. The zero-order valence-corrected chi connectivity index (χ0v) is 13.7. The summed E-state index contributed by atoms with van der Waals surface area (Å²) in [5.41, 5.74) is 0.296. The number of rotatable bonds is 4. The largest absolute Gasteiger partial charge is 0.481 e. The topological polar surface area (TPSA) is 57.6 Å². The summed E-state index contributed by atoms with van der Waals surface area (Å²) in [5.74, 6) is -0.774. The summed E-state index contributed by atoms with van der Waals surface area (Å²) in [6.45, 7) is 2.71. The minimum Gasteiger partial charge on any atom is -0.481 e. The van der Waals surface area contributed by atoms with Gasteiger partial charge in [-0.05, 0) is 37.8 Å². The van der Waals surface area contributed by atoms with E-state index in [0.717, 1.165) is 16.5 Å². The quantitative estimate of drug-likeness (QED) is 0.904. The summed E-state index contributed by atoms with van der Waals surface area (Å²) in [6.07, 6.45) is 2.47. The molecule has 1 saturated heterocycles. The summed E-state index contributed by atoms with van der Waals surface area (Å²) in [5, 5.41) is 9.30. The summed E-state index contributed by atoms with van der Waals surface area (Å²) in [6, 6.07) is 7.85. The predicted molar refractivity (Wildman–Crippen MR) is 84.0 cm³/mol. The van der Waals surface area contributed by atoms with E-state index in [0.29, 0.717) is 32.4 Å². The highest BCUT2D eigenvalue weighted by molar-refractivity contribution is 9.10. The van der Waals surface area contributed by atoms with Crippen LogP contribution in [0, 0.1) is 5.41 Å². The SMILES string of the molecule is CC1(C(=O)O)CCCN(C(=O)CCc2ccccc2Br)C1. The van der Waals surface area contributed by atoms with E-state index in [1.807, 2.05) is 24.3 Å². The average molecular weight is 354 g/mol. The van der Waals surface area contributed by atoms with Gasteiger partial charge in [0, 0.05) is 24.0 Å². The monoisotopic (exact) mass is 353 g/mol. The molecule has 1 N–H and O–H groups in total. The van der Waals surface area contributed by atoms with Crippen LogP contribution in [-0.2, 0) is 16.0 Å². The Morgan fingerprint density at radius 3 is 2.76 bits per heavy atom. The number of hydrogen-bond donors (Lipinski definition) is 1. The van der Waals surface area contributed by atoms with E-state index in [1.54, 1.807) is 11.8 Å². The summed E-state index contributed by atoms with van der Waals surface area (Å²) in [4.78, 5) is 25.3. The fraction of sp³-hybridized carbons (Fsp3) is 0.500. The molecule has 1 aliphatic heterocycles. The molecule has 1 aliphatic rings. The highest BCUT2D eigenvalue weighted by Gasteiger charge is 2.39. The van der Waals surface area contributed by atoms with Crippen molar-refractivity contribution in [3.05, 3.63) is 34.3 Å². The zero-order chi connectivity index (χ0) is 15.5. The van der Waals surface area contributed by atoms with Crippen molar-refractivity contribution >= 4 is 27.8 Å². The number of amides is 1. The van der Waals surface area contributed by atoms with Gasteiger partial charge in [0.25, 0.3) is 0 Å².